The van der Waals surface area contributed by atoms with Crippen molar-refractivity contribution in [2.24, 2.45) is 0 Å². The Hall–Kier alpha value is -1.95. The first-order valence-corrected chi connectivity index (χ1v) is 9.66. The van der Waals surface area contributed by atoms with Gasteiger partial charge in [0.1, 0.15) is 10.8 Å². The van der Waals surface area contributed by atoms with Crippen LogP contribution in [0.25, 0.3) is 0 Å². The SMILES string of the molecule is CCCCCc1nnc(NC(=O)COc2ccc(C(C)C)c(C)c2)s1. The Morgan fingerprint density at radius 2 is 2.08 bits per heavy atom. The van der Waals surface area contributed by atoms with Crippen LogP contribution in [-0.4, -0.2) is 22.7 Å². The molecule has 0 aliphatic heterocycles. The number of unbranched alkanes of at least 4 members (excludes halogenated alkanes) is 2. The van der Waals surface area contributed by atoms with Crippen molar-refractivity contribution in [2.45, 2.75) is 59.3 Å². The Morgan fingerprint density at radius 3 is 2.76 bits per heavy atom. The number of hydrogen-bond donors (Lipinski definition) is 1. The van der Waals surface area contributed by atoms with Crippen LogP contribution in [0.1, 0.15) is 62.1 Å². The molecular formula is C19H27N3O2S. The topological polar surface area (TPSA) is 64.1 Å². The number of nitrogens with zero attached hydrogens (tertiary/aromatic N) is 2. The maximum Gasteiger partial charge on any atom is 0.264 e. The number of aryl methyl sites for hydroxylation is 2. The summed E-state index contributed by atoms with van der Waals surface area (Å²) in [6.45, 7) is 8.52. The van der Waals surface area contributed by atoms with E-state index in [1.54, 1.807) is 0 Å². The van der Waals surface area contributed by atoms with Crippen LogP contribution in [0.2, 0.25) is 0 Å². The molecule has 25 heavy (non-hydrogen) atoms. The Balaban J connectivity index is 1.81. The maximum absolute atomic E-state index is 12.0. The predicted octanol–water partition coefficient (Wildman–Crippen LogP) is 4.72. The number of nitrogens with one attached hydrogen (secondary N) is 1. The van der Waals surface area contributed by atoms with Gasteiger partial charge in [-0.15, -0.1) is 10.2 Å². The monoisotopic (exact) mass is 361 g/mol. The van der Waals surface area contributed by atoms with E-state index in [1.165, 1.54) is 35.3 Å². The Bertz CT molecular complexity index is 698. The van der Waals surface area contributed by atoms with E-state index >= 15 is 0 Å². The highest BCUT2D eigenvalue weighted by atomic mass is 32.1. The summed E-state index contributed by atoms with van der Waals surface area (Å²) in [5.41, 5.74) is 2.47. The van der Waals surface area contributed by atoms with Crippen molar-refractivity contribution >= 4 is 22.4 Å². The summed E-state index contributed by atoms with van der Waals surface area (Å²) in [5, 5.41) is 12.4. The van der Waals surface area contributed by atoms with Gasteiger partial charge in [-0.2, -0.15) is 0 Å². The summed E-state index contributed by atoms with van der Waals surface area (Å²) in [6.07, 6.45) is 4.38. The van der Waals surface area contributed by atoms with E-state index < -0.39 is 0 Å². The third-order valence-electron chi connectivity index (χ3n) is 3.94. The van der Waals surface area contributed by atoms with Gasteiger partial charge < -0.3 is 4.74 Å². The Morgan fingerprint density at radius 1 is 1.28 bits per heavy atom. The smallest absolute Gasteiger partial charge is 0.264 e. The Labute approximate surface area is 153 Å². The second-order valence-corrected chi connectivity index (χ2v) is 7.53. The van der Waals surface area contributed by atoms with E-state index in [9.17, 15) is 4.79 Å². The minimum absolute atomic E-state index is 0.0365. The molecule has 0 aliphatic carbocycles. The molecule has 2 rings (SSSR count). The predicted molar refractivity (Wildman–Crippen MR) is 103 cm³/mol. The highest BCUT2D eigenvalue weighted by Crippen LogP contribution is 2.23. The van der Waals surface area contributed by atoms with Crippen molar-refractivity contribution < 1.29 is 9.53 Å². The van der Waals surface area contributed by atoms with E-state index in [2.05, 4.69) is 49.3 Å². The van der Waals surface area contributed by atoms with Gasteiger partial charge in [-0.05, 0) is 42.5 Å². The fourth-order valence-corrected chi connectivity index (χ4v) is 3.42. The number of rotatable bonds is 9. The second kappa shape index (κ2) is 9.51. The third kappa shape index (κ3) is 6.12. The molecule has 0 aliphatic rings. The summed E-state index contributed by atoms with van der Waals surface area (Å²) in [6, 6.07) is 5.94. The van der Waals surface area contributed by atoms with Crippen LogP contribution in [0.4, 0.5) is 5.13 Å². The normalized spacial score (nSPS) is 10.9. The maximum atomic E-state index is 12.0. The quantitative estimate of drug-likeness (QED) is 0.656. The van der Waals surface area contributed by atoms with E-state index in [1.807, 2.05) is 12.1 Å². The molecule has 1 aromatic heterocycles. The first-order valence-electron chi connectivity index (χ1n) is 8.85. The molecule has 5 nitrogen and oxygen atoms in total. The minimum atomic E-state index is -0.221. The van der Waals surface area contributed by atoms with Crippen LogP contribution in [-0.2, 0) is 11.2 Å². The molecule has 0 saturated heterocycles. The van der Waals surface area contributed by atoms with Crippen molar-refractivity contribution in [3.63, 3.8) is 0 Å². The molecule has 0 fully saturated rings. The Kier molecular flexibility index (Phi) is 7.37. The van der Waals surface area contributed by atoms with Gasteiger partial charge >= 0.3 is 0 Å². The third-order valence-corrected chi connectivity index (χ3v) is 4.84. The zero-order valence-electron chi connectivity index (χ0n) is 15.5. The van der Waals surface area contributed by atoms with Crippen LogP contribution in [0.3, 0.4) is 0 Å². The van der Waals surface area contributed by atoms with Crippen molar-refractivity contribution in [1.82, 2.24) is 10.2 Å². The summed E-state index contributed by atoms with van der Waals surface area (Å²) in [5.74, 6) is 0.956. The summed E-state index contributed by atoms with van der Waals surface area (Å²) < 4.78 is 5.59. The van der Waals surface area contributed by atoms with Gasteiger partial charge in [-0.25, -0.2) is 0 Å². The van der Waals surface area contributed by atoms with Crippen molar-refractivity contribution in [1.29, 1.82) is 0 Å². The zero-order chi connectivity index (χ0) is 18.2. The molecule has 0 bridgehead atoms. The molecule has 0 saturated carbocycles. The molecule has 0 unspecified atom stereocenters. The molecule has 1 heterocycles. The lowest BCUT2D eigenvalue weighted by Gasteiger charge is -2.12. The van der Waals surface area contributed by atoms with Crippen LogP contribution < -0.4 is 10.1 Å². The van der Waals surface area contributed by atoms with Gasteiger partial charge in [-0.1, -0.05) is 51.0 Å². The highest BCUT2D eigenvalue weighted by molar-refractivity contribution is 7.15. The largest absolute Gasteiger partial charge is 0.484 e. The lowest BCUT2D eigenvalue weighted by Crippen LogP contribution is -2.20. The number of amides is 1. The fourth-order valence-electron chi connectivity index (χ4n) is 2.62. The first-order chi connectivity index (χ1) is 12.0. The number of anilines is 1. The molecular weight excluding hydrogens is 334 g/mol. The average Bonchev–Trinajstić information content (AvgIpc) is 3.00. The van der Waals surface area contributed by atoms with Crippen molar-refractivity contribution in [3.8, 4) is 5.75 Å². The number of aromatic nitrogens is 2. The van der Waals surface area contributed by atoms with Crippen LogP contribution >= 0.6 is 11.3 Å². The molecule has 1 amide bonds. The minimum Gasteiger partial charge on any atom is -0.484 e. The molecule has 1 aromatic carbocycles. The molecule has 0 atom stereocenters. The van der Waals surface area contributed by atoms with Crippen LogP contribution in [0.5, 0.6) is 5.75 Å². The van der Waals surface area contributed by atoms with E-state index in [0.717, 1.165) is 17.8 Å². The number of hydrogen-bond acceptors (Lipinski definition) is 5. The van der Waals surface area contributed by atoms with Gasteiger partial charge in [0.05, 0.1) is 0 Å². The molecule has 1 N–H and O–H groups in total. The summed E-state index contributed by atoms with van der Waals surface area (Å²) >= 11 is 1.43. The number of carbonyl (C=O) groups excluding carboxylic acids is 1. The van der Waals surface area contributed by atoms with Gasteiger partial charge in [0.2, 0.25) is 5.13 Å². The first kappa shape index (κ1) is 19.4. The van der Waals surface area contributed by atoms with Crippen molar-refractivity contribution in [3.05, 3.63) is 34.3 Å². The van der Waals surface area contributed by atoms with Crippen LogP contribution in [0.15, 0.2) is 18.2 Å². The number of benzene rings is 1. The molecule has 2 aromatic rings. The highest BCUT2D eigenvalue weighted by Gasteiger charge is 2.10. The van der Waals surface area contributed by atoms with Crippen LogP contribution in [0, 0.1) is 6.92 Å². The molecule has 0 radical (unpaired) electrons. The van der Waals surface area contributed by atoms with Gasteiger partial charge in [0.15, 0.2) is 6.61 Å². The fraction of sp³-hybridized carbons (Fsp3) is 0.526. The molecule has 6 heteroatoms. The summed E-state index contributed by atoms with van der Waals surface area (Å²) in [7, 11) is 0. The van der Waals surface area contributed by atoms with Crippen molar-refractivity contribution in [2.75, 3.05) is 11.9 Å². The number of ether oxygens (including phenoxy) is 1. The second-order valence-electron chi connectivity index (χ2n) is 6.47. The lowest BCUT2D eigenvalue weighted by atomic mass is 9.98. The van der Waals surface area contributed by atoms with E-state index in [4.69, 9.17) is 4.74 Å². The molecule has 0 spiro atoms. The van der Waals surface area contributed by atoms with Gasteiger partial charge in [0.25, 0.3) is 5.91 Å². The molecule has 136 valence electrons. The van der Waals surface area contributed by atoms with Gasteiger partial charge in [-0.3, -0.25) is 10.1 Å². The zero-order valence-corrected chi connectivity index (χ0v) is 16.3. The summed E-state index contributed by atoms with van der Waals surface area (Å²) in [4.78, 5) is 12.0. The number of carbonyl (C=O) groups is 1. The lowest BCUT2D eigenvalue weighted by molar-refractivity contribution is -0.118. The van der Waals surface area contributed by atoms with Gasteiger partial charge in [0, 0.05) is 6.42 Å². The average molecular weight is 362 g/mol. The standard InChI is InChI=1S/C19H27N3O2S/c1-5-6-7-8-18-21-22-19(25-18)20-17(23)12-24-15-9-10-16(13(2)3)14(4)11-15/h9-11,13H,5-8,12H2,1-4H3,(H,20,22,23). The van der Waals surface area contributed by atoms with E-state index in [0.29, 0.717) is 16.8 Å². The van der Waals surface area contributed by atoms with E-state index in [-0.39, 0.29) is 12.5 Å².